The average molecular weight is 301 g/mol. The first kappa shape index (κ1) is 15.0. The Hall–Kier alpha value is -2.40. The summed E-state index contributed by atoms with van der Waals surface area (Å²) >= 11 is 1.26. The molecule has 0 aliphatic carbocycles. The Labute approximate surface area is 126 Å². The lowest BCUT2D eigenvalue weighted by atomic mass is 10.1. The molecule has 1 amide bonds. The van der Waals surface area contributed by atoms with Gasteiger partial charge in [0.25, 0.3) is 5.91 Å². The number of nitrogens with one attached hydrogen (secondary N) is 1. The van der Waals surface area contributed by atoms with Crippen LogP contribution in [0.15, 0.2) is 42.5 Å². The topological polar surface area (TPSA) is 66.4 Å². The van der Waals surface area contributed by atoms with Crippen molar-refractivity contribution in [2.45, 2.75) is 13.5 Å². The van der Waals surface area contributed by atoms with Gasteiger partial charge in [0.2, 0.25) is 0 Å². The minimum Gasteiger partial charge on any atom is -0.478 e. The number of aryl methyl sites for hydroxylation is 1. The Morgan fingerprint density at radius 2 is 2.00 bits per heavy atom. The third-order valence-electron chi connectivity index (χ3n) is 2.94. The third kappa shape index (κ3) is 4.29. The highest BCUT2D eigenvalue weighted by atomic mass is 32.1. The maximum atomic E-state index is 12.0. The van der Waals surface area contributed by atoms with Crippen LogP contribution in [0.25, 0.3) is 6.08 Å². The van der Waals surface area contributed by atoms with Crippen LogP contribution in [-0.4, -0.2) is 17.0 Å². The van der Waals surface area contributed by atoms with E-state index in [9.17, 15) is 9.59 Å². The van der Waals surface area contributed by atoms with Gasteiger partial charge in [-0.15, -0.1) is 11.3 Å². The van der Waals surface area contributed by atoms with E-state index < -0.39 is 5.97 Å². The number of carboxylic acid groups (broad SMARTS) is 1. The van der Waals surface area contributed by atoms with Crippen LogP contribution in [0.5, 0.6) is 0 Å². The number of rotatable bonds is 5. The zero-order valence-electron chi connectivity index (χ0n) is 11.5. The van der Waals surface area contributed by atoms with Gasteiger partial charge in [-0.05, 0) is 36.3 Å². The molecule has 0 aliphatic heterocycles. The van der Waals surface area contributed by atoms with E-state index in [0.717, 1.165) is 22.1 Å². The number of carboxylic acids is 1. The van der Waals surface area contributed by atoms with Crippen LogP contribution in [0, 0.1) is 6.92 Å². The van der Waals surface area contributed by atoms with Gasteiger partial charge in [0.15, 0.2) is 0 Å². The highest BCUT2D eigenvalue weighted by Gasteiger charge is 2.08. The van der Waals surface area contributed by atoms with Crippen molar-refractivity contribution in [1.29, 1.82) is 0 Å². The van der Waals surface area contributed by atoms with Gasteiger partial charge in [0.1, 0.15) is 0 Å². The summed E-state index contributed by atoms with van der Waals surface area (Å²) in [6.45, 7) is 2.48. The van der Waals surface area contributed by atoms with Gasteiger partial charge in [-0.3, -0.25) is 4.79 Å². The van der Waals surface area contributed by atoms with E-state index >= 15 is 0 Å². The van der Waals surface area contributed by atoms with Gasteiger partial charge in [0.05, 0.1) is 4.88 Å². The fourth-order valence-corrected chi connectivity index (χ4v) is 2.62. The number of hydrogen-bond donors (Lipinski definition) is 2. The Bertz CT molecular complexity index is 688. The van der Waals surface area contributed by atoms with Crippen molar-refractivity contribution in [2.75, 3.05) is 0 Å². The molecule has 0 spiro atoms. The zero-order chi connectivity index (χ0) is 15.2. The number of benzene rings is 1. The van der Waals surface area contributed by atoms with E-state index in [1.165, 1.54) is 17.4 Å². The largest absolute Gasteiger partial charge is 0.478 e. The van der Waals surface area contributed by atoms with E-state index in [0.29, 0.717) is 11.4 Å². The van der Waals surface area contributed by atoms with Crippen LogP contribution < -0.4 is 5.32 Å². The zero-order valence-corrected chi connectivity index (χ0v) is 12.3. The first-order valence-electron chi connectivity index (χ1n) is 6.40. The molecule has 21 heavy (non-hydrogen) atoms. The predicted octanol–water partition coefficient (Wildman–Crippen LogP) is 3.08. The Kier molecular flexibility index (Phi) is 4.90. The second-order valence-corrected chi connectivity index (χ2v) is 5.60. The van der Waals surface area contributed by atoms with E-state index in [1.54, 1.807) is 12.1 Å². The van der Waals surface area contributed by atoms with Crippen LogP contribution in [0.3, 0.4) is 0 Å². The van der Waals surface area contributed by atoms with Crippen molar-refractivity contribution >= 4 is 29.3 Å². The summed E-state index contributed by atoms with van der Waals surface area (Å²) in [4.78, 5) is 23.8. The van der Waals surface area contributed by atoms with Crippen LogP contribution in [0.4, 0.5) is 0 Å². The van der Waals surface area contributed by atoms with E-state index in [2.05, 4.69) is 5.32 Å². The minimum absolute atomic E-state index is 0.154. The number of aliphatic carboxylic acids is 1. The fourth-order valence-electron chi connectivity index (χ4n) is 1.79. The van der Waals surface area contributed by atoms with Crippen molar-refractivity contribution in [3.63, 3.8) is 0 Å². The lowest BCUT2D eigenvalue weighted by Gasteiger charge is -2.06. The van der Waals surface area contributed by atoms with Crippen molar-refractivity contribution in [3.05, 3.63) is 63.4 Å². The van der Waals surface area contributed by atoms with Crippen molar-refractivity contribution in [2.24, 2.45) is 0 Å². The molecule has 0 radical (unpaired) electrons. The Morgan fingerprint density at radius 3 is 2.71 bits per heavy atom. The molecule has 0 fully saturated rings. The molecule has 0 aliphatic rings. The first-order valence-corrected chi connectivity index (χ1v) is 7.21. The first-order chi connectivity index (χ1) is 10.1. The summed E-state index contributed by atoms with van der Waals surface area (Å²) in [6.07, 6.45) is 2.53. The molecule has 0 saturated heterocycles. The second-order valence-electron chi connectivity index (χ2n) is 4.48. The molecule has 108 valence electrons. The van der Waals surface area contributed by atoms with E-state index in [4.69, 9.17) is 5.11 Å². The van der Waals surface area contributed by atoms with E-state index in [1.807, 2.05) is 31.2 Å². The van der Waals surface area contributed by atoms with Gasteiger partial charge >= 0.3 is 5.97 Å². The van der Waals surface area contributed by atoms with Crippen molar-refractivity contribution < 1.29 is 14.7 Å². The molecule has 2 aromatic rings. The predicted molar refractivity (Wildman–Crippen MR) is 83.3 cm³/mol. The molecule has 0 bridgehead atoms. The number of carbonyl (C=O) groups is 2. The van der Waals surface area contributed by atoms with Gasteiger partial charge in [-0.1, -0.05) is 24.3 Å². The molecular weight excluding hydrogens is 286 g/mol. The maximum absolute atomic E-state index is 12.0. The highest BCUT2D eigenvalue weighted by Crippen LogP contribution is 2.18. The van der Waals surface area contributed by atoms with Crippen LogP contribution in [0.2, 0.25) is 0 Å². The number of thiophene rings is 1. The lowest BCUT2D eigenvalue weighted by molar-refractivity contribution is -0.131. The second kappa shape index (κ2) is 6.85. The van der Waals surface area contributed by atoms with Crippen molar-refractivity contribution in [3.8, 4) is 0 Å². The summed E-state index contributed by atoms with van der Waals surface area (Å²) < 4.78 is 0. The third-order valence-corrected chi connectivity index (χ3v) is 3.99. The average Bonchev–Trinajstić information content (AvgIpc) is 2.93. The van der Waals surface area contributed by atoms with Gasteiger partial charge in [-0.2, -0.15) is 0 Å². The van der Waals surface area contributed by atoms with Crippen LogP contribution >= 0.6 is 11.3 Å². The molecule has 1 aromatic carbocycles. The van der Waals surface area contributed by atoms with Gasteiger partial charge in [0, 0.05) is 17.5 Å². The SMILES string of the molecule is Cc1ccccc1CNC(=O)c1ccc(C=CC(=O)O)s1. The van der Waals surface area contributed by atoms with Crippen LogP contribution in [-0.2, 0) is 11.3 Å². The van der Waals surface area contributed by atoms with E-state index in [-0.39, 0.29) is 5.91 Å². The fraction of sp³-hybridized carbons (Fsp3) is 0.125. The minimum atomic E-state index is -1.01. The normalized spacial score (nSPS) is 10.7. The van der Waals surface area contributed by atoms with Gasteiger partial charge in [-0.25, -0.2) is 4.79 Å². The molecule has 0 saturated carbocycles. The quantitative estimate of drug-likeness (QED) is 0.834. The molecule has 1 aromatic heterocycles. The van der Waals surface area contributed by atoms with Crippen LogP contribution in [0.1, 0.15) is 25.7 Å². The monoisotopic (exact) mass is 301 g/mol. The number of carbonyl (C=O) groups excluding carboxylic acids is 1. The molecule has 0 atom stereocenters. The summed E-state index contributed by atoms with van der Waals surface area (Å²) in [5.41, 5.74) is 2.21. The standard InChI is InChI=1S/C16H15NO3S/c1-11-4-2-3-5-12(11)10-17-16(20)14-8-6-13(21-14)7-9-15(18)19/h2-9H,10H2,1H3,(H,17,20)(H,18,19). The highest BCUT2D eigenvalue weighted by molar-refractivity contribution is 7.14. The summed E-state index contributed by atoms with van der Waals surface area (Å²) in [5.74, 6) is -1.16. The molecule has 0 unspecified atom stereocenters. The molecule has 1 heterocycles. The van der Waals surface area contributed by atoms with Crippen molar-refractivity contribution in [1.82, 2.24) is 5.32 Å². The lowest BCUT2D eigenvalue weighted by Crippen LogP contribution is -2.22. The molecule has 4 nitrogen and oxygen atoms in total. The molecule has 5 heteroatoms. The number of hydrogen-bond acceptors (Lipinski definition) is 3. The summed E-state index contributed by atoms with van der Waals surface area (Å²) in [6, 6.07) is 11.3. The summed E-state index contributed by atoms with van der Waals surface area (Å²) in [5, 5.41) is 11.4. The summed E-state index contributed by atoms with van der Waals surface area (Å²) in [7, 11) is 0. The smallest absolute Gasteiger partial charge is 0.328 e. The molecule has 2 rings (SSSR count). The Morgan fingerprint density at radius 1 is 1.24 bits per heavy atom. The number of amides is 1. The van der Waals surface area contributed by atoms with Gasteiger partial charge < -0.3 is 10.4 Å². The Balaban J connectivity index is 1.98. The molecule has 2 N–H and O–H groups in total. The molecular formula is C16H15NO3S. The maximum Gasteiger partial charge on any atom is 0.328 e.